The number of aldehydes is 1. The van der Waals surface area contributed by atoms with Crippen molar-refractivity contribution in [1.82, 2.24) is 9.88 Å². The smallest absolute Gasteiger partial charge is 0.195 e. The summed E-state index contributed by atoms with van der Waals surface area (Å²) in [5.74, 6) is 1.43. The van der Waals surface area contributed by atoms with Crippen LogP contribution in [0.2, 0.25) is 0 Å². The fraction of sp³-hybridized carbons (Fsp3) is 0.667. The Balaban J connectivity index is 1.94. The second-order valence-corrected chi connectivity index (χ2v) is 4.43. The zero-order chi connectivity index (χ0) is 11.4. The van der Waals surface area contributed by atoms with Gasteiger partial charge in [0.2, 0.25) is 0 Å². The number of carbonyl (C=O) groups excluding carboxylic acids is 1. The van der Waals surface area contributed by atoms with Gasteiger partial charge in [-0.15, -0.1) is 0 Å². The number of carbonyl (C=O) groups is 1. The van der Waals surface area contributed by atoms with Gasteiger partial charge in [0.15, 0.2) is 5.89 Å². The first-order chi connectivity index (χ1) is 7.79. The maximum absolute atomic E-state index is 10.3. The van der Waals surface area contributed by atoms with E-state index in [0.29, 0.717) is 18.2 Å². The van der Waals surface area contributed by atoms with Gasteiger partial charge in [-0.3, -0.25) is 0 Å². The Morgan fingerprint density at radius 1 is 1.62 bits per heavy atom. The van der Waals surface area contributed by atoms with E-state index < -0.39 is 0 Å². The van der Waals surface area contributed by atoms with E-state index in [0.717, 1.165) is 25.1 Å². The zero-order valence-electron chi connectivity index (χ0n) is 9.69. The number of oxazole rings is 1. The van der Waals surface area contributed by atoms with E-state index in [1.54, 1.807) is 6.20 Å². The minimum absolute atomic E-state index is 0.327. The van der Waals surface area contributed by atoms with Crippen molar-refractivity contribution in [3.8, 4) is 0 Å². The molecule has 0 N–H and O–H groups in total. The Morgan fingerprint density at radius 3 is 3.25 bits per heavy atom. The number of hydrogen-bond acceptors (Lipinski definition) is 4. The first kappa shape index (κ1) is 11.3. The minimum Gasteiger partial charge on any atom is -0.445 e. The Hall–Kier alpha value is -1.16. The second kappa shape index (κ2) is 5.25. The van der Waals surface area contributed by atoms with Gasteiger partial charge in [0.05, 0.1) is 12.6 Å². The summed E-state index contributed by atoms with van der Waals surface area (Å²) in [7, 11) is 2.15. The van der Waals surface area contributed by atoms with Crippen LogP contribution in [0.1, 0.15) is 30.9 Å². The molecule has 1 aliphatic rings. The van der Waals surface area contributed by atoms with Crippen molar-refractivity contribution >= 4 is 6.29 Å². The highest BCUT2D eigenvalue weighted by molar-refractivity contribution is 5.52. The van der Waals surface area contributed by atoms with E-state index in [1.165, 1.54) is 19.3 Å². The molecule has 0 aliphatic carbocycles. The first-order valence-electron chi connectivity index (χ1n) is 5.87. The molecule has 88 valence electrons. The molecule has 2 heterocycles. The highest BCUT2D eigenvalue weighted by atomic mass is 16.4. The molecule has 1 atom stereocenters. The lowest BCUT2D eigenvalue weighted by Gasteiger charge is -2.31. The Bertz CT molecular complexity index is 349. The van der Waals surface area contributed by atoms with Crippen LogP contribution in [-0.4, -0.2) is 35.8 Å². The van der Waals surface area contributed by atoms with Crippen molar-refractivity contribution in [3.63, 3.8) is 0 Å². The molecule has 0 amide bonds. The van der Waals surface area contributed by atoms with Crippen molar-refractivity contribution in [2.75, 3.05) is 13.6 Å². The largest absolute Gasteiger partial charge is 0.445 e. The molecule has 2 rings (SSSR count). The Labute approximate surface area is 95.6 Å². The zero-order valence-corrected chi connectivity index (χ0v) is 9.69. The highest BCUT2D eigenvalue weighted by Gasteiger charge is 2.21. The maximum atomic E-state index is 10.3. The summed E-state index contributed by atoms with van der Waals surface area (Å²) in [5.41, 5.74) is 0. The summed E-state index contributed by atoms with van der Waals surface area (Å²) in [5, 5.41) is 0. The molecular weight excluding hydrogens is 204 g/mol. The molecule has 1 aromatic heterocycles. The van der Waals surface area contributed by atoms with Crippen LogP contribution in [0.5, 0.6) is 0 Å². The molecule has 0 spiro atoms. The molecule has 16 heavy (non-hydrogen) atoms. The molecule has 4 heteroatoms. The fourth-order valence-corrected chi connectivity index (χ4v) is 2.22. The van der Waals surface area contributed by atoms with Gasteiger partial charge in [-0.1, -0.05) is 6.42 Å². The molecule has 1 aromatic rings. The number of piperidine rings is 1. The molecule has 0 bridgehead atoms. The van der Waals surface area contributed by atoms with Crippen LogP contribution < -0.4 is 0 Å². The molecular formula is C12H18N2O2. The fourth-order valence-electron chi connectivity index (χ4n) is 2.22. The van der Waals surface area contributed by atoms with E-state index in [-0.39, 0.29) is 0 Å². The molecule has 1 fully saturated rings. The molecule has 4 nitrogen and oxygen atoms in total. The van der Waals surface area contributed by atoms with E-state index in [1.807, 2.05) is 0 Å². The van der Waals surface area contributed by atoms with Crippen molar-refractivity contribution in [2.45, 2.75) is 38.1 Å². The average molecular weight is 222 g/mol. The van der Waals surface area contributed by atoms with Gasteiger partial charge in [-0.05, 0) is 26.4 Å². The molecule has 1 saturated heterocycles. The normalized spacial score (nSPS) is 22.2. The van der Waals surface area contributed by atoms with Gasteiger partial charge in [0.25, 0.3) is 0 Å². The van der Waals surface area contributed by atoms with Crippen LogP contribution in [0.3, 0.4) is 0 Å². The predicted molar refractivity (Wildman–Crippen MR) is 60.2 cm³/mol. The molecule has 0 aromatic carbocycles. The van der Waals surface area contributed by atoms with E-state index in [4.69, 9.17) is 4.42 Å². The maximum Gasteiger partial charge on any atom is 0.195 e. The summed E-state index contributed by atoms with van der Waals surface area (Å²) in [4.78, 5) is 16.9. The van der Waals surface area contributed by atoms with Gasteiger partial charge in [0, 0.05) is 12.5 Å². The van der Waals surface area contributed by atoms with Gasteiger partial charge in [-0.2, -0.15) is 0 Å². The van der Waals surface area contributed by atoms with Crippen molar-refractivity contribution in [3.05, 3.63) is 17.8 Å². The lowest BCUT2D eigenvalue weighted by molar-refractivity contribution is -0.107. The SMILES string of the molecule is CN1CCCCC1Cc1ncc(CC=O)o1. The summed E-state index contributed by atoms with van der Waals surface area (Å²) >= 11 is 0. The van der Waals surface area contributed by atoms with Crippen LogP contribution in [-0.2, 0) is 17.6 Å². The quantitative estimate of drug-likeness (QED) is 0.723. The molecule has 0 saturated carbocycles. The number of aromatic nitrogens is 1. The van der Waals surface area contributed by atoms with Crippen molar-refractivity contribution < 1.29 is 9.21 Å². The van der Waals surface area contributed by atoms with Crippen LogP contribution in [0, 0.1) is 0 Å². The summed E-state index contributed by atoms with van der Waals surface area (Å²) in [6.45, 7) is 1.16. The number of likely N-dealkylation sites (N-methyl/N-ethyl adjacent to an activating group) is 1. The number of likely N-dealkylation sites (tertiary alicyclic amines) is 1. The van der Waals surface area contributed by atoms with Crippen LogP contribution in [0.4, 0.5) is 0 Å². The third-order valence-electron chi connectivity index (χ3n) is 3.22. The van der Waals surface area contributed by atoms with Crippen LogP contribution >= 0.6 is 0 Å². The number of nitrogens with zero attached hydrogens (tertiary/aromatic N) is 2. The molecule has 0 radical (unpaired) electrons. The monoisotopic (exact) mass is 222 g/mol. The second-order valence-electron chi connectivity index (χ2n) is 4.43. The topological polar surface area (TPSA) is 46.3 Å². The van der Waals surface area contributed by atoms with Crippen molar-refractivity contribution in [2.24, 2.45) is 0 Å². The van der Waals surface area contributed by atoms with Crippen LogP contribution in [0.25, 0.3) is 0 Å². The van der Waals surface area contributed by atoms with E-state index in [2.05, 4.69) is 16.9 Å². The Morgan fingerprint density at radius 2 is 2.50 bits per heavy atom. The predicted octanol–water partition coefficient (Wildman–Crippen LogP) is 1.44. The van der Waals surface area contributed by atoms with Crippen molar-refractivity contribution in [1.29, 1.82) is 0 Å². The first-order valence-corrected chi connectivity index (χ1v) is 5.87. The molecule has 1 aliphatic heterocycles. The lowest BCUT2D eigenvalue weighted by atomic mass is 10.0. The Kier molecular flexibility index (Phi) is 3.72. The standard InChI is InChI=1S/C12H18N2O2/c1-14-6-3-2-4-10(14)8-12-13-9-11(16-12)5-7-15/h7,9-10H,2-6,8H2,1H3. The molecule has 1 unspecified atom stereocenters. The van der Waals surface area contributed by atoms with E-state index in [9.17, 15) is 4.79 Å². The lowest BCUT2D eigenvalue weighted by Crippen LogP contribution is -2.37. The summed E-state index contributed by atoms with van der Waals surface area (Å²) in [6, 6.07) is 0.538. The van der Waals surface area contributed by atoms with E-state index >= 15 is 0 Å². The van der Waals surface area contributed by atoms with Gasteiger partial charge in [-0.25, -0.2) is 4.98 Å². The minimum atomic E-state index is 0.327. The van der Waals surface area contributed by atoms with Gasteiger partial charge >= 0.3 is 0 Å². The number of rotatable bonds is 4. The average Bonchev–Trinajstić information content (AvgIpc) is 2.70. The van der Waals surface area contributed by atoms with Gasteiger partial charge < -0.3 is 14.1 Å². The third-order valence-corrected chi connectivity index (χ3v) is 3.22. The summed E-state index contributed by atoms with van der Waals surface area (Å²) < 4.78 is 5.51. The highest BCUT2D eigenvalue weighted by Crippen LogP contribution is 2.19. The van der Waals surface area contributed by atoms with Crippen LogP contribution in [0.15, 0.2) is 10.6 Å². The number of hydrogen-bond donors (Lipinski definition) is 0. The third kappa shape index (κ3) is 2.70. The van der Waals surface area contributed by atoms with Gasteiger partial charge in [0.1, 0.15) is 12.0 Å². The summed E-state index contributed by atoms with van der Waals surface area (Å²) in [6.07, 6.45) is 7.47.